The quantitative estimate of drug-likeness (QED) is 0.185. The molecule has 0 spiro atoms. The van der Waals surface area contributed by atoms with Crippen molar-refractivity contribution < 1.29 is 14.2 Å². The second-order valence-corrected chi connectivity index (χ2v) is 13.5. The predicted octanol–water partition coefficient (Wildman–Crippen LogP) is 4.42. The molecule has 2 fully saturated rings. The lowest BCUT2D eigenvalue weighted by Gasteiger charge is -2.37. The van der Waals surface area contributed by atoms with Gasteiger partial charge in [-0.15, -0.1) is 9.24 Å². The van der Waals surface area contributed by atoms with Gasteiger partial charge < -0.3 is 24.0 Å². The first-order chi connectivity index (χ1) is 23.8. The minimum atomic E-state index is -1.11. The van der Waals surface area contributed by atoms with Gasteiger partial charge in [-0.25, -0.2) is 14.5 Å². The van der Waals surface area contributed by atoms with Crippen LogP contribution in [-0.4, -0.2) is 74.6 Å². The number of hydrogen-bond acceptors (Lipinski definition) is 9. The average Bonchev–Trinajstić information content (AvgIpc) is 3.88. The normalized spacial score (nSPS) is 20.1. The van der Waals surface area contributed by atoms with Crippen molar-refractivity contribution in [3.63, 3.8) is 0 Å². The third kappa shape index (κ3) is 7.10. The summed E-state index contributed by atoms with van der Waals surface area (Å²) in [4.78, 5) is 21.6. The van der Waals surface area contributed by atoms with E-state index in [0.29, 0.717) is 24.8 Å². The number of rotatable bonds is 11. The van der Waals surface area contributed by atoms with Crippen LogP contribution in [0.1, 0.15) is 31.9 Å². The molecule has 4 heterocycles. The highest BCUT2D eigenvalue weighted by Crippen LogP contribution is 2.39. The Bertz CT molecular complexity index is 1910. The monoisotopic (exact) mass is 702 g/mol. The highest BCUT2D eigenvalue weighted by Gasteiger charge is 2.45. The summed E-state index contributed by atoms with van der Waals surface area (Å²) < 4.78 is 23.8. The van der Waals surface area contributed by atoms with Crippen LogP contribution in [0.4, 0.5) is 11.4 Å². The molecule has 4 unspecified atom stereocenters. The number of hydrogen-bond donors (Lipinski definition) is 0. The number of benzene rings is 3. The number of anilines is 2. The molecule has 2 aliphatic heterocycles. The zero-order valence-corrected chi connectivity index (χ0v) is 29.5. The zero-order valence-electron chi connectivity index (χ0n) is 27.6. The van der Waals surface area contributed by atoms with Crippen LogP contribution in [0.3, 0.4) is 0 Å². The number of halogens is 1. The first-order valence-corrected chi connectivity index (χ1v) is 17.5. The second kappa shape index (κ2) is 14.3. The third-order valence-corrected chi connectivity index (χ3v) is 9.91. The summed E-state index contributed by atoms with van der Waals surface area (Å²) in [5, 5.41) is 10.1. The van der Waals surface area contributed by atoms with Gasteiger partial charge in [-0.3, -0.25) is 4.57 Å². The summed E-state index contributed by atoms with van der Waals surface area (Å²) in [5.74, 6) is -0.347. The molecule has 2 aliphatic rings. The van der Waals surface area contributed by atoms with E-state index in [4.69, 9.17) is 25.8 Å². The SMILES string of the molecule is CCC(C)n1cnn(-c2ccc(N3CCN(c4ccc(OCC5COC(Cn6cncn6)(c6ccc(P)cc6Cl)O5)cc4)CC3)cc2)c1=O. The number of nitrogens with zero attached hydrogens (tertiary/aromatic N) is 8. The molecule has 14 heteroatoms. The van der Waals surface area contributed by atoms with Crippen LogP contribution in [-0.2, 0) is 21.8 Å². The van der Waals surface area contributed by atoms with Crippen LogP contribution in [0.5, 0.6) is 5.75 Å². The molecule has 2 aromatic heterocycles. The van der Waals surface area contributed by atoms with Crippen molar-refractivity contribution in [3.8, 4) is 11.4 Å². The van der Waals surface area contributed by atoms with Crippen molar-refractivity contribution in [2.75, 3.05) is 49.2 Å². The van der Waals surface area contributed by atoms with Gasteiger partial charge >= 0.3 is 5.69 Å². The van der Waals surface area contributed by atoms with Gasteiger partial charge in [-0.2, -0.15) is 14.9 Å². The Kier molecular flexibility index (Phi) is 9.73. The van der Waals surface area contributed by atoms with Crippen molar-refractivity contribution in [1.29, 1.82) is 0 Å². The van der Waals surface area contributed by atoms with E-state index in [1.807, 2.05) is 49.4 Å². The van der Waals surface area contributed by atoms with Crippen molar-refractivity contribution in [3.05, 3.63) is 107 Å². The molecule has 12 nitrogen and oxygen atoms in total. The summed E-state index contributed by atoms with van der Waals surface area (Å²) in [6.07, 6.45) is 5.30. The summed E-state index contributed by atoms with van der Waals surface area (Å²) in [6, 6.07) is 22.1. The average molecular weight is 703 g/mol. The highest BCUT2D eigenvalue weighted by molar-refractivity contribution is 7.27. The Morgan fingerprint density at radius 2 is 1.63 bits per heavy atom. The van der Waals surface area contributed by atoms with Gasteiger partial charge in [0.05, 0.1) is 12.3 Å². The Balaban J connectivity index is 0.925. The summed E-state index contributed by atoms with van der Waals surface area (Å²) in [7, 11) is 2.65. The van der Waals surface area contributed by atoms with Gasteiger partial charge in [0.25, 0.3) is 0 Å². The number of piperazine rings is 1. The minimum absolute atomic E-state index is 0.114. The Hall–Kier alpha value is -4.22. The molecule has 7 rings (SSSR count). The molecule has 0 saturated carbocycles. The topological polar surface area (TPSA) is 105 Å². The van der Waals surface area contributed by atoms with E-state index in [0.717, 1.165) is 66.3 Å². The van der Waals surface area contributed by atoms with E-state index < -0.39 is 5.79 Å². The van der Waals surface area contributed by atoms with E-state index in [1.54, 1.807) is 21.9 Å². The third-order valence-electron chi connectivity index (χ3n) is 9.24. The second-order valence-electron chi connectivity index (χ2n) is 12.4. The minimum Gasteiger partial charge on any atom is -0.491 e. The molecule has 2 saturated heterocycles. The standard InChI is InChI=1S/C35H40ClN8O4P/c1-3-25(2)43-24-39-44(34(43)45)28-6-4-26(5-7-28)40-14-16-41(17-15-40)27-8-10-29(11-9-27)46-19-30-20-47-35(48-30,21-42-23-37-22-38-42)32-13-12-31(49)18-33(32)36/h4-13,18,22-25,30H,3,14-17,19-21,49H2,1-2H3. The Morgan fingerprint density at radius 1 is 0.959 bits per heavy atom. The molecule has 0 N–H and O–H groups in total. The first-order valence-electron chi connectivity index (χ1n) is 16.5. The van der Waals surface area contributed by atoms with Gasteiger partial charge in [0, 0.05) is 54.2 Å². The van der Waals surface area contributed by atoms with Crippen molar-refractivity contribution >= 4 is 37.5 Å². The predicted molar refractivity (Wildman–Crippen MR) is 193 cm³/mol. The molecule has 0 radical (unpaired) electrons. The summed E-state index contributed by atoms with van der Waals surface area (Å²) >= 11 is 6.65. The lowest BCUT2D eigenvalue weighted by atomic mass is 10.1. The van der Waals surface area contributed by atoms with Gasteiger partial charge in [0.15, 0.2) is 0 Å². The number of aromatic nitrogens is 6. The summed E-state index contributed by atoms with van der Waals surface area (Å²) in [6.45, 7) is 8.62. The van der Waals surface area contributed by atoms with Crippen LogP contribution in [0, 0.1) is 0 Å². The molecule has 0 amide bonds. The maximum atomic E-state index is 12.8. The summed E-state index contributed by atoms with van der Waals surface area (Å²) in [5.41, 5.74) is 3.68. The van der Waals surface area contributed by atoms with E-state index >= 15 is 0 Å². The molecular formula is C35H40ClN8O4P. The zero-order chi connectivity index (χ0) is 34.0. The fourth-order valence-electron chi connectivity index (χ4n) is 6.29. The largest absolute Gasteiger partial charge is 0.491 e. The van der Waals surface area contributed by atoms with Crippen LogP contribution >= 0.6 is 20.8 Å². The van der Waals surface area contributed by atoms with Crippen LogP contribution in [0.25, 0.3) is 5.69 Å². The molecule has 256 valence electrons. The fourth-order valence-corrected chi connectivity index (χ4v) is 6.99. The molecular weight excluding hydrogens is 663 g/mol. The van der Waals surface area contributed by atoms with Crippen molar-refractivity contribution in [1.82, 2.24) is 29.1 Å². The molecule has 0 aliphatic carbocycles. The molecule has 49 heavy (non-hydrogen) atoms. The van der Waals surface area contributed by atoms with Gasteiger partial charge in [0.2, 0.25) is 5.79 Å². The maximum Gasteiger partial charge on any atom is 0.350 e. The van der Waals surface area contributed by atoms with Gasteiger partial charge in [-0.05, 0) is 73.2 Å². The van der Waals surface area contributed by atoms with Crippen molar-refractivity contribution in [2.45, 2.75) is 44.7 Å². The van der Waals surface area contributed by atoms with Gasteiger partial charge in [0.1, 0.15) is 44.0 Å². The molecule has 5 aromatic rings. The molecule has 4 atom stereocenters. The van der Waals surface area contributed by atoms with Crippen molar-refractivity contribution in [2.24, 2.45) is 0 Å². The lowest BCUT2D eigenvalue weighted by molar-refractivity contribution is -0.190. The highest BCUT2D eigenvalue weighted by atomic mass is 35.5. The Labute approximate surface area is 292 Å². The lowest BCUT2D eigenvalue weighted by Crippen LogP contribution is -2.46. The molecule has 3 aromatic carbocycles. The van der Waals surface area contributed by atoms with Crippen LogP contribution < -0.4 is 25.5 Å². The number of ether oxygens (including phenoxy) is 3. The van der Waals surface area contributed by atoms with E-state index in [1.165, 1.54) is 11.0 Å². The van der Waals surface area contributed by atoms with E-state index in [2.05, 4.69) is 65.4 Å². The van der Waals surface area contributed by atoms with E-state index in [9.17, 15) is 4.79 Å². The first kappa shape index (κ1) is 33.3. The van der Waals surface area contributed by atoms with Crippen LogP contribution in [0.2, 0.25) is 5.02 Å². The van der Waals surface area contributed by atoms with Crippen LogP contribution in [0.15, 0.2) is 90.5 Å². The van der Waals surface area contributed by atoms with E-state index in [-0.39, 0.29) is 17.8 Å². The smallest absolute Gasteiger partial charge is 0.350 e. The Morgan fingerprint density at radius 3 is 2.27 bits per heavy atom. The van der Waals surface area contributed by atoms with Gasteiger partial charge in [-0.1, -0.05) is 30.7 Å². The molecule has 0 bridgehead atoms. The fraction of sp³-hybridized carbons (Fsp3) is 0.371. The maximum absolute atomic E-state index is 12.8.